The minimum Gasteiger partial charge on any atom is -0.493 e. The topological polar surface area (TPSA) is 96.6 Å². The number of amidine groups is 2. The fourth-order valence-electron chi connectivity index (χ4n) is 4.30. The van der Waals surface area contributed by atoms with Crippen LogP contribution in [0.15, 0.2) is 76.3 Å². The molecule has 2 heterocycles. The first-order chi connectivity index (χ1) is 20.3. The molecule has 2 aliphatic rings. The summed E-state index contributed by atoms with van der Waals surface area (Å²) < 4.78 is 17.2. The van der Waals surface area contributed by atoms with E-state index in [1.54, 1.807) is 18.2 Å². The summed E-state index contributed by atoms with van der Waals surface area (Å²) in [4.78, 5) is 17.1. The molecule has 0 spiro atoms. The molecule has 11 heteroatoms. The molecular weight excluding hydrogens is 595 g/mol. The van der Waals surface area contributed by atoms with Crippen molar-refractivity contribution in [1.29, 1.82) is 5.41 Å². The molecule has 1 unspecified atom stereocenters. The van der Waals surface area contributed by atoms with Crippen molar-refractivity contribution in [2.75, 3.05) is 20.3 Å². The number of nitrogens with zero attached hydrogens (tertiary/aromatic N) is 3. The highest BCUT2D eigenvalue weighted by atomic mass is 35.5. The van der Waals surface area contributed by atoms with E-state index in [-0.39, 0.29) is 23.0 Å². The zero-order valence-corrected chi connectivity index (χ0v) is 25.5. The number of halogens is 2. The van der Waals surface area contributed by atoms with Crippen molar-refractivity contribution in [2.45, 2.75) is 26.2 Å². The number of hydrogen-bond donors (Lipinski definition) is 1. The van der Waals surface area contributed by atoms with E-state index in [4.69, 9.17) is 42.8 Å². The van der Waals surface area contributed by atoms with Gasteiger partial charge in [0.2, 0.25) is 5.17 Å². The van der Waals surface area contributed by atoms with E-state index in [2.05, 4.69) is 36.1 Å². The Morgan fingerprint density at radius 2 is 1.79 bits per heavy atom. The van der Waals surface area contributed by atoms with Gasteiger partial charge in [0, 0.05) is 5.56 Å². The second kappa shape index (κ2) is 13.0. The highest BCUT2D eigenvalue weighted by Crippen LogP contribution is 2.38. The van der Waals surface area contributed by atoms with Crippen LogP contribution in [0, 0.1) is 5.41 Å². The molecule has 0 radical (unpaired) electrons. The Hall–Kier alpha value is -3.79. The lowest BCUT2D eigenvalue weighted by Crippen LogP contribution is -2.35. The van der Waals surface area contributed by atoms with Gasteiger partial charge in [-0.25, -0.2) is 0 Å². The molecule has 0 saturated heterocycles. The predicted molar refractivity (Wildman–Crippen MR) is 170 cm³/mol. The minimum absolute atomic E-state index is 0.0584. The van der Waals surface area contributed by atoms with Crippen molar-refractivity contribution >= 4 is 63.0 Å². The van der Waals surface area contributed by atoms with E-state index in [0.29, 0.717) is 50.4 Å². The number of carbonyl (C=O) groups is 1. The fourth-order valence-corrected chi connectivity index (χ4v) is 5.78. The van der Waals surface area contributed by atoms with Crippen LogP contribution in [0.2, 0.25) is 10.0 Å². The number of nitrogens with one attached hydrogen (secondary N) is 1. The average molecular weight is 624 g/mol. The van der Waals surface area contributed by atoms with E-state index >= 15 is 0 Å². The van der Waals surface area contributed by atoms with Crippen molar-refractivity contribution < 1.29 is 19.0 Å². The van der Waals surface area contributed by atoms with Gasteiger partial charge < -0.3 is 14.2 Å². The molecule has 8 nitrogen and oxygen atoms in total. The number of fused-ring (bicyclic) bond motifs is 1. The summed E-state index contributed by atoms with van der Waals surface area (Å²) in [5, 5.41) is 16.1. The number of hydrazone groups is 1. The van der Waals surface area contributed by atoms with E-state index < -0.39 is 5.91 Å². The molecule has 42 heavy (non-hydrogen) atoms. The van der Waals surface area contributed by atoms with Crippen molar-refractivity contribution in [3.8, 4) is 17.2 Å². The molecule has 216 valence electrons. The second-order valence-corrected chi connectivity index (χ2v) is 11.3. The lowest BCUT2D eigenvalue weighted by Gasteiger charge is -2.20. The molecule has 0 fully saturated rings. The van der Waals surface area contributed by atoms with Gasteiger partial charge in [0.1, 0.15) is 24.0 Å². The number of aliphatic imine (C=N–C) groups is 1. The van der Waals surface area contributed by atoms with Gasteiger partial charge in [-0.15, -0.1) is 0 Å². The Morgan fingerprint density at radius 1 is 1.05 bits per heavy atom. The number of rotatable bonds is 10. The number of amides is 1. The van der Waals surface area contributed by atoms with E-state index in [1.165, 1.54) is 35.5 Å². The SMILES string of the molecule is CCC(C)c1ccc(OCCOc2c(Cl)cc(/C=C3/C(=N)N4N=C(c5ccccc5Cl)SC4=NC3=O)cc2OC)cc1. The maximum absolute atomic E-state index is 12.9. The minimum atomic E-state index is -0.556. The maximum Gasteiger partial charge on any atom is 0.283 e. The molecule has 1 atom stereocenters. The molecule has 3 aromatic carbocycles. The van der Waals surface area contributed by atoms with Gasteiger partial charge in [-0.1, -0.05) is 67.4 Å². The summed E-state index contributed by atoms with van der Waals surface area (Å²) >= 11 is 14.1. The fraction of sp³-hybridized carbons (Fsp3) is 0.226. The van der Waals surface area contributed by atoms with Crippen molar-refractivity contribution in [3.05, 3.63) is 93.0 Å². The number of ether oxygens (including phenoxy) is 3. The summed E-state index contributed by atoms with van der Waals surface area (Å²) in [5.74, 6) is 1.33. The van der Waals surface area contributed by atoms with Crippen LogP contribution in [0.25, 0.3) is 6.08 Å². The summed E-state index contributed by atoms with van der Waals surface area (Å²) in [7, 11) is 1.50. The maximum atomic E-state index is 12.9. The van der Waals surface area contributed by atoms with Crippen molar-refractivity contribution in [1.82, 2.24) is 5.01 Å². The third kappa shape index (κ3) is 6.33. The van der Waals surface area contributed by atoms with Gasteiger partial charge >= 0.3 is 0 Å². The Morgan fingerprint density at radius 3 is 2.50 bits per heavy atom. The van der Waals surface area contributed by atoms with Crippen LogP contribution in [0.5, 0.6) is 17.2 Å². The van der Waals surface area contributed by atoms with Crippen molar-refractivity contribution in [2.24, 2.45) is 10.1 Å². The van der Waals surface area contributed by atoms with Crippen LogP contribution in [0.4, 0.5) is 0 Å². The van der Waals surface area contributed by atoms with E-state index in [0.717, 1.165) is 12.2 Å². The Kier molecular flexibility index (Phi) is 9.21. The zero-order valence-electron chi connectivity index (χ0n) is 23.2. The van der Waals surface area contributed by atoms with E-state index in [9.17, 15) is 4.79 Å². The Balaban J connectivity index is 1.28. The van der Waals surface area contributed by atoms with Crippen LogP contribution < -0.4 is 14.2 Å². The monoisotopic (exact) mass is 622 g/mol. The third-order valence-corrected chi connectivity index (χ3v) is 8.33. The zero-order chi connectivity index (χ0) is 29.8. The Labute approximate surface area is 258 Å². The van der Waals surface area contributed by atoms with Gasteiger partial charge in [-0.2, -0.15) is 15.1 Å². The quantitative estimate of drug-likeness (QED) is 0.184. The molecule has 1 amide bonds. The lowest BCUT2D eigenvalue weighted by atomic mass is 9.99. The first-order valence-electron chi connectivity index (χ1n) is 13.3. The smallest absolute Gasteiger partial charge is 0.283 e. The second-order valence-electron chi connectivity index (χ2n) is 9.51. The summed E-state index contributed by atoms with van der Waals surface area (Å²) in [6.07, 6.45) is 2.61. The van der Waals surface area contributed by atoms with Gasteiger partial charge in [0.25, 0.3) is 5.91 Å². The highest BCUT2D eigenvalue weighted by Gasteiger charge is 2.36. The molecule has 2 aliphatic heterocycles. The molecule has 0 saturated carbocycles. The van der Waals surface area contributed by atoms with Gasteiger partial charge in [-0.3, -0.25) is 10.2 Å². The first kappa shape index (κ1) is 29.7. The lowest BCUT2D eigenvalue weighted by molar-refractivity contribution is -0.114. The highest BCUT2D eigenvalue weighted by molar-refractivity contribution is 8.27. The molecule has 0 bridgehead atoms. The summed E-state index contributed by atoms with van der Waals surface area (Å²) in [6.45, 7) is 4.91. The standard InChI is InChI=1S/C31H28Cl2N4O4S/c1-4-18(2)20-9-11-21(12-10-20)40-13-14-41-27-25(33)16-19(17-26(27)39-3)15-23-28(34)37-31(35-29(23)38)42-30(36-37)22-7-5-6-8-24(22)32/h5-12,15-18,34H,4,13-14H2,1-3H3/b23-15-,34-28?. The Bertz CT molecular complexity index is 1620. The molecule has 5 rings (SSSR count). The predicted octanol–water partition coefficient (Wildman–Crippen LogP) is 7.64. The number of carbonyl (C=O) groups excluding carboxylic acids is 1. The van der Waals surface area contributed by atoms with Crippen LogP contribution in [-0.2, 0) is 4.79 Å². The normalized spacial score (nSPS) is 16.2. The van der Waals surface area contributed by atoms with Crippen LogP contribution >= 0.6 is 35.0 Å². The summed E-state index contributed by atoms with van der Waals surface area (Å²) in [5.41, 5.74) is 2.57. The van der Waals surface area contributed by atoms with Gasteiger partial charge in [0.05, 0.1) is 22.7 Å². The number of benzene rings is 3. The number of methoxy groups -OCH3 is 1. The largest absolute Gasteiger partial charge is 0.493 e. The van der Waals surface area contributed by atoms with Gasteiger partial charge in [-0.05, 0) is 71.6 Å². The van der Waals surface area contributed by atoms with E-state index in [1.807, 2.05) is 30.3 Å². The number of thioether (sulfide) groups is 1. The van der Waals surface area contributed by atoms with Crippen LogP contribution in [-0.4, -0.2) is 47.3 Å². The van der Waals surface area contributed by atoms with Crippen LogP contribution in [0.1, 0.15) is 42.9 Å². The average Bonchev–Trinajstić information content (AvgIpc) is 3.42. The molecule has 1 N–H and O–H groups in total. The number of hydrogen-bond acceptors (Lipinski definition) is 7. The molecular formula is C31H28Cl2N4O4S. The van der Waals surface area contributed by atoms with Crippen molar-refractivity contribution in [3.63, 3.8) is 0 Å². The first-order valence-corrected chi connectivity index (χ1v) is 14.8. The van der Waals surface area contributed by atoms with Gasteiger partial charge in [0.15, 0.2) is 17.3 Å². The molecule has 0 aromatic heterocycles. The molecule has 3 aromatic rings. The van der Waals surface area contributed by atoms with Crippen LogP contribution in [0.3, 0.4) is 0 Å². The third-order valence-electron chi connectivity index (χ3n) is 6.78. The molecule has 0 aliphatic carbocycles. The summed E-state index contributed by atoms with van der Waals surface area (Å²) in [6, 6.07) is 18.6.